The number of carbonyl (C=O) groups is 1. The van der Waals surface area contributed by atoms with Gasteiger partial charge in [-0.15, -0.1) is 11.3 Å². The van der Waals surface area contributed by atoms with Crippen LogP contribution in [0.4, 0.5) is 0 Å². The van der Waals surface area contributed by atoms with Gasteiger partial charge in [0, 0.05) is 11.3 Å². The molecule has 0 aliphatic rings. The Morgan fingerprint density at radius 2 is 2.06 bits per heavy atom. The van der Waals surface area contributed by atoms with Crippen molar-refractivity contribution in [3.05, 3.63) is 15.6 Å². The number of carboxylic acid groups (broad SMARTS) is 1. The molecule has 0 saturated heterocycles. The Morgan fingerprint density at radius 3 is 2.44 bits per heavy atom. The summed E-state index contributed by atoms with van der Waals surface area (Å²) in [5, 5.41) is 9.78. The lowest BCUT2D eigenvalue weighted by molar-refractivity contribution is -0.141. The molecule has 0 radical (unpaired) electrons. The zero-order valence-electron chi connectivity index (χ0n) is 10.5. The van der Waals surface area contributed by atoms with Crippen LogP contribution in [0.15, 0.2) is 0 Å². The molecule has 1 N–H and O–H groups in total. The Labute approximate surface area is 101 Å². The first-order chi connectivity index (χ1) is 7.21. The molecule has 0 bridgehead atoms. The summed E-state index contributed by atoms with van der Waals surface area (Å²) in [6.45, 7) is 10.2. The van der Waals surface area contributed by atoms with Crippen LogP contribution in [0.3, 0.4) is 0 Å². The van der Waals surface area contributed by atoms with Crippen molar-refractivity contribution in [3.8, 4) is 0 Å². The minimum absolute atomic E-state index is 0.0897. The summed E-state index contributed by atoms with van der Waals surface area (Å²) < 4.78 is 0. The smallest absolute Gasteiger partial charge is 0.306 e. The third kappa shape index (κ3) is 3.04. The van der Waals surface area contributed by atoms with Gasteiger partial charge in [0.15, 0.2) is 0 Å². The molecule has 16 heavy (non-hydrogen) atoms. The van der Waals surface area contributed by atoms with Gasteiger partial charge in [-0.25, -0.2) is 4.98 Å². The first-order valence-corrected chi connectivity index (χ1v) is 6.23. The number of hydrogen-bond acceptors (Lipinski definition) is 3. The Balaban J connectivity index is 2.90. The third-order valence-corrected chi connectivity index (χ3v) is 4.03. The quantitative estimate of drug-likeness (QED) is 0.885. The normalized spacial score (nSPS) is 13.8. The van der Waals surface area contributed by atoms with E-state index in [0.29, 0.717) is 6.42 Å². The Hall–Kier alpha value is -0.900. The molecule has 1 aromatic heterocycles. The summed E-state index contributed by atoms with van der Waals surface area (Å²) in [6.07, 6.45) is 0.525. The highest BCUT2D eigenvalue weighted by molar-refractivity contribution is 7.11. The van der Waals surface area contributed by atoms with Crippen LogP contribution >= 0.6 is 11.3 Å². The van der Waals surface area contributed by atoms with Gasteiger partial charge in [-0.05, 0) is 12.3 Å². The lowest BCUT2D eigenvalue weighted by Crippen LogP contribution is -2.12. The van der Waals surface area contributed by atoms with Crippen LogP contribution in [-0.4, -0.2) is 16.1 Å². The molecule has 90 valence electrons. The molecule has 3 nitrogen and oxygen atoms in total. The second kappa shape index (κ2) is 4.53. The van der Waals surface area contributed by atoms with Crippen LogP contribution in [0, 0.1) is 12.8 Å². The van der Waals surface area contributed by atoms with Crippen molar-refractivity contribution < 1.29 is 9.90 Å². The molecule has 4 heteroatoms. The SMILES string of the molecule is Cc1nc(CC(C)C(=O)O)sc1C(C)(C)C. The Morgan fingerprint density at radius 1 is 1.50 bits per heavy atom. The minimum atomic E-state index is -0.759. The fourth-order valence-electron chi connectivity index (χ4n) is 1.58. The van der Waals surface area contributed by atoms with Gasteiger partial charge < -0.3 is 5.11 Å². The van der Waals surface area contributed by atoms with E-state index >= 15 is 0 Å². The average molecular weight is 241 g/mol. The number of hydrogen-bond donors (Lipinski definition) is 1. The maximum Gasteiger partial charge on any atom is 0.306 e. The van der Waals surface area contributed by atoms with Crippen LogP contribution in [0.5, 0.6) is 0 Å². The van der Waals surface area contributed by atoms with E-state index in [0.717, 1.165) is 10.7 Å². The number of rotatable bonds is 3. The number of aromatic nitrogens is 1. The van der Waals surface area contributed by atoms with Gasteiger partial charge in [-0.1, -0.05) is 27.7 Å². The lowest BCUT2D eigenvalue weighted by Gasteiger charge is -2.16. The van der Waals surface area contributed by atoms with Crippen molar-refractivity contribution >= 4 is 17.3 Å². The average Bonchev–Trinajstić information content (AvgIpc) is 2.45. The summed E-state index contributed by atoms with van der Waals surface area (Å²) >= 11 is 1.64. The summed E-state index contributed by atoms with van der Waals surface area (Å²) in [5.74, 6) is -1.12. The molecule has 0 fully saturated rings. The summed E-state index contributed by atoms with van der Waals surface area (Å²) in [6, 6.07) is 0. The molecule has 1 atom stereocenters. The summed E-state index contributed by atoms with van der Waals surface area (Å²) in [7, 11) is 0. The number of aryl methyl sites for hydroxylation is 1. The summed E-state index contributed by atoms with van der Waals surface area (Å²) in [5.41, 5.74) is 1.12. The molecule has 1 unspecified atom stereocenters. The maximum atomic E-state index is 10.8. The molecule has 1 rings (SSSR count). The van der Waals surface area contributed by atoms with Crippen molar-refractivity contribution in [2.24, 2.45) is 5.92 Å². The molecule has 0 aliphatic carbocycles. The van der Waals surface area contributed by atoms with E-state index in [1.165, 1.54) is 4.88 Å². The second-order valence-corrected chi connectivity index (χ2v) is 6.30. The molecule has 1 aromatic rings. The van der Waals surface area contributed by atoms with E-state index in [1.807, 2.05) is 6.92 Å². The molecule has 0 spiro atoms. The first kappa shape index (κ1) is 13.2. The molecule has 0 aromatic carbocycles. The van der Waals surface area contributed by atoms with Crippen molar-refractivity contribution in [1.29, 1.82) is 0 Å². The fraction of sp³-hybridized carbons (Fsp3) is 0.667. The second-order valence-electron chi connectivity index (χ2n) is 5.22. The van der Waals surface area contributed by atoms with Gasteiger partial charge in [0.2, 0.25) is 0 Å². The molecular weight excluding hydrogens is 222 g/mol. The van der Waals surface area contributed by atoms with E-state index in [-0.39, 0.29) is 11.3 Å². The van der Waals surface area contributed by atoms with Gasteiger partial charge in [-0.3, -0.25) is 4.79 Å². The van der Waals surface area contributed by atoms with Gasteiger partial charge >= 0.3 is 5.97 Å². The fourth-order valence-corrected chi connectivity index (χ4v) is 2.84. The number of thiazole rings is 1. The number of carboxylic acids is 1. The predicted molar refractivity (Wildman–Crippen MR) is 66.1 cm³/mol. The minimum Gasteiger partial charge on any atom is -0.481 e. The first-order valence-electron chi connectivity index (χ1n) is 5.41. The zero-order valence-corrected chi connectivity index (χ0v) is 11.3. The molecule has 0 aliphatic heterocycles. The molecular formula is C12H19NO2S. The Kier molecular flexibility index (Phi) is 3.73. The van der Waals surface area contributed by atoms with E-state index in [4.69, 9.17) is 5.11 Å². The van der Waals surface area contributed by atoms with Gasteiger partial charge in [0.1, 0.15) is 0 Å². The van der Waals surface area contributed by atoms with Crippen molar-refractivity contribution in [1.82, 2.24) is 4.98 Å². The summed E-state index contributed by atoms with van der Waals surface area (Å²) in [4.78, 5) is 16.5. The van der Waals surface area contributed by atoms with Crippen LogP contribution in [0.1, 0.15) is 43.3 Å². The van der Waals surface area contributed by atoms with Gasteiger partial charge in [-0.2, -0.15) is 0 Å². The van der Waals surface area contributed by atoms with Crippen LogP contribution < -0.4 is 0 Å². The van der Waals surface area contributed by atoms with Gasteiger partial charge in [0.25, 0.3) is 0 Å². The monoisotopic (exact) mass is 241 g/mol. The van der Waals surface area contributed by atoms with Crippen LogP contribution in [0.25, 0.3) is 0 Å². The highest BCUT2D eigenvalue weighted by Gasteiger charge is 2.22. The van der Waals surface area contributed by atoms with Crippen molar-refractivity contribution in [2.45, 2.75) is 46.5 Å². The Bertz CT molecular complexity index is 390. The van der Waals surface area contributed by atoms with E-state index in [1.54, 1.807) is 18.3 Å². The zero-order chi connectivity index (χ0) is 12.5. The predicted octanol–water partition coefficient (Wildman–Crippen LogP) is 3.01. The largest absolute Gasteiger partial charge is 0.481 e. The van der Waals surface area contributed by atoms with Crippen LogP contribution in [0.2, 0.25) is 0 Å². The van der Waals surface area contributed by atoms with E-state index < -0.39 is 5.97 Å². The maximum absolute atomic E-state index is 10.8. The molecule has 0 saturated carbocycles. The number of aliphatic carboxylic acids is 1. The van der Waals surface area contributed by atoms with Gasteiger partial charge in [0.05, 0.1) is 16.6 Å². The van der Waals surface area contributed by atoms with E-state index in [2.05, 4.69) is 25.8 Å². The van der Waals surface area contributed by atoms with E-state index in [9.17, 15) is 4.79 Å². The molecule has 1 heterocycles. The lowest BCUT2D eigenvalue weighted by atomic mass is 9.93. The molecule has 0 amide bonds. The number of nitrogens with zero attached hydrogens (tertiary/aromatic N) is 1. The van der Waals surface area contributed by atoms with Crippen molar-refractivity contribution in [2.75, 3.05) is 0 Å². The highest BCUT2D eigenvalue weighted by atomic mass is 32.1. The topological polar surface area (TPSA) is 50.2 Å². The van der Waals surface area contributed by atoms with Crippen molar-refractivity contribution in [3.63, 3.8) is 0 Å². The third-order valence-electron chi connectivity index (χ3n) is 2.42. The standard InChI is InChI=1S/C12H19NO2S/c1-7(11(14)15)6-9-13-8(2)10(16-9)12(3,4)5/h7H,6H2,1-5H3,(H,14,15). The highest BCUT2D eigenvalue weighted by Crippen LogP contribution is 2.31. The van der Waals surface area contributed by atoms with Crippen LogP contribution in [-0.2, 0) is 16.6 Å².